The molecule has 4 aliphatic carbocycles. The van der Waals surface area contributed by atoms with Gasteiger partial charge < -0.3 is 0 Å². The fraction of sp³-hybridized carbons (Fsp3) is 0.939. The third-order valence-electron chi connectivity index (χ3n) is 10.2. The van der Waals surface area contributed by atoms with Crippen molar-refractivity contribution >= 4 is 0 Å². The lowest BCUT2D eigenvalue weighted by Crippen LogP contribution is -2.49. The van der Waals surface area contributed by atoms with Gasteiger partial charge in [0, 0.05) is 0 Å². The van der Waals surface area contributed by atoms with Crippen LogP contribution in [-0.4, -0.2) is 0 Å². The molecule has 3 saturated carbocycles. The average Bonchev–Trinajstić information content (AvgIpc) is 3.21. The van der Waals surface area contributed by atoms with E-state index in [2.05, 4.69) is 61.5 Å². The second-order valence-electron chi connectivity index (χ2n) is 13.2. The van der Waals surface area contributed by atoms with Gasteiger partial charge in [0.2, 0.25) is 0 Å². The van der Waals surface area contributed by atoms with Crippen LogP contribution >= 0.6 is 0 Å². The second-order valence-corrected chi connectivity index (χ2v) is 13.2. The fourth-order valence-electron chi connectivity index (χ4n) is 8.70. The summed E-state index contributed by atoms with van der Waals surface area (Å²) in [6.07, 6.45) is 18.9. The summed E-state index contributed by atoms with van der Waals surface area (Å²) in [5, 5.41) is 0. The molecular formula is C33H62. The van der Waals surface area contributed by atoms with Crippen molar-refractivity contribution in [3.8, 4) is 0 Å². The van der Waals surface area contributed by atoms with Gasteiger partial charge in [0.1, 0.15) is 0 Å². The van der Waals surface area contributed by atoms with Crippen LogP contribution in [0.2, 0.25) is 0 Å². The zero-order chi connectivity index (χ0) is 24.8. The van der Waals surface area contributed by atoms with Crippen LogP contribution in [0.25, 0.3) is 0 Å². The summed E-state index contributed by atoms with van der Waals surface area (Å²) in [6, 6.07) is 0. The normalized spacial score (nSPS) is 40.2. The standard InChI is InChI=1S/C28H48.C3H8.C2H6/c1-18(2)8-7-9-20(4)23-10-11-25-24(23)12-13-26-27(25)21(5)17-22-16-19(3)14-15-28(22,26)6;1-3-2;1-2/h17-21,23-27H,7-16H2,1-6H3;3H2,1-2H3;1-2H3. The third-order valence-corrected chi connectivity index (χ3v) is 10.2. The van der Waals surface area contributed by atoms with Crippen LogP contribution in [0.4, 0.5) is 0 Å². The van der Waals surface area contributed by atoms with Gasteiger partial charge in [-0.2, -0.15) is 0 Å². The van der Waals surface area contributed by atoms with Crippen molar-refractivity contribution in [3.63, 3.8) is 0 Å². The topological polar surface area (TPSA) is 0 Å². The number of rotatable bonds is 5. The molecule has 3 fully saturated rings. The third kappa shape index (κ3) is 6.50. The predicted octanol–water partition coefficient (Wildman–Crippen LogP) is 11.0. The molecule has 0 heteroatoms. The smallest absolute Gasteiger partial charge is 0.00849 e. The molecule has 4 aliphatic rings. The van der Waals surface area contributed by atoms with Crippen molar-refractivity contribution in [2.24, 2.45) is 58.7 Å². The maximum Gasteiger partial charge on any atom is -0.00849 e. The summed E-state index contributed by atoms with van der Waals surface area (Å²) < 4.78 is 0. The largest absolute Gasteiger partial charge is 0.0816 e. The van der Waals surface area contributed by atoms with Crippen molar-refractivity contribution in [1.82, 2.24) is 0 Å². The van der Waals surface area contributed by atoms with E-state index in [1.807, 2.05) is 19.4 Å². The van der Waals surface area contributed by atoms with E-state index in [-0.39, 0.29) is 0 Å². The van der Waals surface area contributed by atoms with Gasteiger partial charge >= 0.3 is 0 Å². The number of allylic oxidation sites excluding steroid dienone is 2. The van der Waals surface area contributed by atoms with Gasteiger partial charge in [-0.1, -0.05) is 107 Å². The molecule has 0 N–H and O–H groups in total. The first kappa shape index (κ1) is 29.0. The highest BCUT2D eigenvalue weighted by molar-refractivity contribution is 5.25. The Balaban J connectivity index is 0.000000714. The quantitative estimate of drug-likeness (QED) is 0.359. The summed E-state index contributed by atoms with van der Waals surface area (Å²) in [5.41, 5.74) is 2.42. The zero-order valence-corrected chi connectivity index (χ0v) is 24.6. The minimum Gasteiger partial charge on any atom is -0.0816 e. The Morgan fingerprint density at radius 3 is 2.18 bits per heavy atom. The van der Waals surface area contributed by atoms with E-state index in [0.29, 0.717) is 5.41 Å². The van der Waals surface area contributed by atoms with Gasteiger partial charge in [-0.05, 0) is 104 Å². The molecule has 0 nitrogen and oxygen atoms in total. The highest BCUT2D eigenvalue weighted by Gasteiger charge is 2.56. The van der Waals surface area contributed by atoms with Crippen molar-refractivity contribution in [3.05, 3.63) is 11.6 Å². The maximum absolute atomic E-state index is 2.79. The summed E-state index contributed by atoms with van der Waals surface area (Å²) in [5.74, 6) is 8.71. The highest BCUT2D eigenvalue weighted by Crippen LogP contribution is 2.64. The molecule has 194 valence electrons. The monoisotopic (exact) mass is 458 g/mol. The van der Waals surface area contributed by atoms with Crippen LogP contribution in [0.3, 0.4) is 0 Å². The Labute approximate surface area is 210 Å². The summed E-state index contributed by atoms with van der Waals surface area (Å²) >= 11 is 0. The van der Waals surface area contributed by atoms with E-state index in [0.717, 1.165) is 53.3 Å². The molecule has 0 aromatic heterocycles. The fourth-order valence-corrected chi connectivity index (χ4v) is 8.70. The molecule has 0 saturated heterocycles. The van der Waals surface area contributed by atoms with Crippen LogP contribution in [-0.2, 0) is 0 Å². The van der Waals surface area contributed by atoms with Gasteiger partial charge in [-0.3, -0.25) is 0 Å². The molecule has 9 unspecified atom stereocenters. The Hall–Kier alpha value is -0.260. The summed E-state index contributed by atoms with van der Waals surface area (Å²) in [6.45, 7) is 23.4. The number of fused-ring (bicyclic) bond motifs is 5. The lowest BCUT2D eigenvalue weighted by atomic mass is 9.47. The van der Waals surface area contributed by atoms with E-state index in [4.69, 9.17) is 0 Å². The van der Waals surface area contributed by atoms with Gasteiger partial charge in [0.15, 0.2) is 0 Å². The molecule has 0 radical (unpaired) electrons. The summed E-state index contributed by atoms with van der Waals surface area (Å²) in [4.78, 5) is 0. The Kier molecular flexibility index (Phi) is 11.6. The van der Waals surface area contributed by atoms with Gasteiger partial charge in [0.25, 0.3) is 0 Å². The molecule has 0 bridgehead atoms. The molecular weight excluding hydrogens is 396 g/mol. The van der Waals surface area contributed by atoms with Gasteiger partial charge in [-0.25, -0.2) is 0 Å². The zero-order valence-electron chi connectivity index (χ0n) is 24.6. The van der Waals surface area contributed by atoms with Crippen molar-refractivity contribution in [2.75, 3.05) is 0 Å². The first-order valence-electron chi connectivity index (χ1n) is 15.4. The molecule has 4 rings (SSSR count). The van der Waals surface area contributed by atoms with Gasteiger partial charge in [0.05, 0.1) is 0 Å². The molecule has 33 heavy (non-hydrogen) atoms. The second kappa shape index (κ2) is 13.2. The van der Waals surface area contributed by atoms with E-state index < -0.39 is 0 Å². The Bertz CT molecular complexity index is 585. The first-order valence-corrected chi connectivity index (χ1v) is 15.4. The van der Waals surface area contributed by atoms with Crippen LogP contribution in [0, 0.1) is 58.7 Å². The first-order chi connectivity index (χ1) is 15.7. The minimum atomic E-state index is 0.551. The van der Waals surface area contributed by atoms with Crippen LogP contribution in [0.5, 0.6) is 0 Å². The minimum absolute atomic E-state index is 0.551. The van der Waals surface area contributed by atoms with Gasteiger partial charge in [-0.15, -0.1) is 0 Å². The van der Waals surface area contributed by atoms with E-state index in [9.17, 15) is 0 Å². The molecule has 0 aromatic rings. The van der Waals surface area contributed by atoms with E-state index >= 15 is 0 Å². The van der Waals surface area contributed by atoms with Crippen molar-refractivity contribution < 1.29 is 0 Å². The Morgan fingerprint density at radius 2 is 1.55 bits per heavy atom. The van der Waals surface area contributed by atoms with Crippen molar-refractivity contribution in [2.45, 2.75) is 140 Å². The van der Waals surface area contributed by atoms with E-state index in [1.54, 1.807) is 19.3 Å². The molecule has 0 aromatic carbocycles. The molecule has 0 heterocycles. The van der Waals surface area contributed by atoms with E-state index in [1.165, 1.54) is 51.4 Å². The lowest BCUT2D eigenvalue weighted by molar-refractivity contribution is -0.0245. The SMILES string of the molecule is CC.CC(C)CCCC(C)C1CCC2C1CCC1C2C(C)C=C2CC(C)CCC21C.CCC. The summed E-state index contributed by atoms with van der Waals surface area (Å²) in [7, 11) is 0. The van der Waals surface area contributed by atoms with Crippen molar-refractivity contribution in [1.29, 1.82) is 0 Å². The average molecular weight is 459 g/mol. The highest BCUT2D eigenvalue weighted by atomic mass is 14.6. The Morgan fingerprint density at radius 1 is 0.909 bits per heavy atom. The molecule has 0 amide bonds. The predicted molar refractivity (Wildman–Crippen MR) is 149 cm³/mol. The molecule has 0 aliphatic heterocycles. The number of hydrogen-bond acceptors (Lipinski definition) is 0. The van der Waals surface area contributed by atoms with Crippen LogP contribution in [0.1, 0.15) is 140 Å². The maximum atomic E-state index is 2.79. The molecule has 0 spiro atoms. The van der Waals surface area contributed by atoms with Crippen LogP contribution in [0.15, 0.2) is 11.6 Å². The number of hydrogen-bond donors (Lipinski definition) is 0. The molecule has 9 atom stereocenters. The lowest BCUT2D eigenvalue weighted by Gasteiger charge is -2.57. The van der Waals surface area contributed by atoms with Crippen LogP contribution < -0.4 is 0 Å².